The monoisotopic (exact) mass is 313 g/mol. The number of aryl methyl sites for hydroxylation is 2. The molecule has 0 bridgehead atoms. The van der Waals surface area contributed by atoms with Crippen LogP contribution in [0.3, 0.4) is 0 Å². The fraction of sp³-hybridized carbons (Fsp3) is 0.571. The van der Waals surface area contributed by atoms with E-state index in [0.717, 1.165) is 62.6 Å². The second-order valence-electron chi connectivity index (χ2n) is 6.49. The van der Waals surface area contributed by atoms with E-state index in [1.807, 2.05) is 4.57 Å². The smallest absolute Gasteiger partial charge is 0.254 e. The predicted octanol–water partition coefficient (Wildman–Crippen LogP) is 5.49. The highest BCUT2D eigenvalue weighted by molar-refractivity contribution is 5.83. The molecule has 1 aromatic carbocycles. The van der Waals surface area contributed by atoms with E-state index >= 15 is 0 Å². The van der Waals surface area contributed by atoms with Crippen LogP contribution in [0.1, 0.15) is 70.4 Å². The van der Waals surface area contributed by atoms with Gasteiger partial charge in [0, 0.05) is 17.5 Å². The zero-order valence-corrected chi connectivity index (χ0v) is 15.0. The number of nitrogens with zero attached hydrogens (tertiary/aromatic N) is 1. The number of rotatable bonds is 9. The molecule has 126 valence electrons. The molecule has 0 amide bonds. The van der Waals surface area contributed by atoms with Gasteiger partial charge in [0.2, 0.25) is 0 Å². The minimum Gasteiger partial charge on any atom is -0.308 e. The van der Waals surface area contributed by atoms with Crippen LogP contribution < -0.4 is 5.56 Å². The number of fused-ring (bicyclic) bond motifs is 1. The Morgan fingerprint density at radius 1 is 0.826 bits per heavy atom. The lowest BCUT2D eigenvalue weighted by Crippen LogP contribution is -2.26. The second-order valence-corrected chi connectivity index (χ2v) is 6.49. The first kappa shape index (κ1) is 17.8. The third-order valence-electron chi connectivity index (χ3n) is 4.68. The maximum absolute atomic E-state index is 13.1. The number of hydrogen-bond donors (Lipinski definition) is 0. The summed E-state index contributed by atoms with van der Waals surface area (Å²) in [7, 11) is 0. The van der Waals surface area contributed by atoms with E-state index in [9.17, 15) is 4.79 Å². The Morgan fingerprint density at radius 3 is 2.09 bits per heavy atom. The molecule has 2 heteroatoms. The molecule has 0 aliphatic heterocycles. The number of benzene rings is 1. The van der Waals surface area contributed by atoms with Gasteiger partial charge in [0.25, 0.3) is 5.56 Å². The van der Waals surface area contributed by atoms with Crippen molar-refractivity contribution in [3.05, 3.63) is 45.7 Å². The standard InChI is InChI=1S/C21H31NO/c1-4-7-12-17-18-14-10-11-15-20(18)22(16-9-6-3)21(23)19(17)13-8-5-2/h10-11,14-15H,4-9,12-13,16H2,1-3H3. The van der Waals surface area contributed by atoms with E-state index in [-0.39, 0.29) is 5.56 Å². The number of unbranched alkanes of at least 4 members (excludes halogenated alkanes) is 3. The first-order valence-electron chi connectivity index (χ1n) is 9.37. The van der Waals surface area contributed by atoms with Crippen molar-refractivity contribution in [2.45, 2.75) is 78.7 Å². The Balaban J connectivity index is 2.65. The second kappa shape index (κ2) is 8.90. The van der Waals surface area contributed by atoms with E-state index in [4.69, 9.17) is 0 Å². The summed E-state index contributed by atoms with van der Waals surface area (Å²) in [5.41, 5.74) is 3.78. The Bertz CT molecular complexity index is 684. The topological polar surface area (TPSA) is 22.0 Å². The van der Waals surface area contributed by atoms with Crippen LogP contribution in [0.25, 0.3) is 10.9 Å². The zero-order chi connectivity index (χ0) is 16.7. The average Bonchev–Trinajstić information content (AvgIpc) is 2.58. The molecule has 23 heavy (non-hydrogen) atoms. The summed E-state index contributed by atoms with van der Waals surface area (Å²) in [5, 5.41) is 1.29. The average molecular weight is 313 g/mol. The van der Waals surface area contributed by atoms with Gasteiger partial charge in [-0.15, -0.1) is 0 Å². The lowest BCUT2D eigenvalue weighted by atomic mass is 9.95. The third kappa shape index (κ3) is 4.04. The van der Waals surface area contributed by atoms with Gasteiger partial charge in [-0.3, -0.25) is 4.79 Å². The van der Waals surface area contributed by atoms with Crippen LogP contribution in [-0.2, 0) is 19.4 Å². The van der Waals surface area contributed by atoms with Gasteiger partial charge in [-0.25, -0.2) is 0 Å². The van der Waals surface area contributed by atoms with Crippen molar-refractivity contribution >= 4 is 10.9 Å². The molecular weight excluding hydrogens is 282 g/mol. The van der Waals surface area contributed by atoms with Crippen LogP contribution in [0.15, 0.2) is 29.1 Å². The Labute approximate surface area is 140 Å². The van der Waals surface area contributed by atoms with E-state index in [1.165, 1.54) is 17.4 Å². The van der Waals surface area contributed by atoms with Gasteiger partial charge >= 0.3 is 0 Å². The third-order valence-corrected chi connectivity index (χ3v) is 4.68. The van der Waals surface area contributed by atoms with Gasteiger partial charge < -0.3 is 4.57 Å². The van der Waals surface area contributed by atoms with Gasteiger partial charge in [-0.1, -0.05) is 58.2 Å². The summed E-state index contributed by atoms with van der Waals surface area (Å²) in [4.78, 5) is 13.1. The molecule has 0 unspecified atom stereocenters. The van der Waals surface area contributed by atoms with Crippen molar-refractivity contribution in [2.75, 3.05) is 0 Å². The summed E-state index contributed by atoms with van der Waals surface area (Å²) in [6.45, 7) is 7.43. The highest BCUT2D eigenvalue weighted by Gasteiger charge is 2.15. The molecule has 2 nitrogen and oxygen atoms in total. The molecular formula is C21H31NO. The fourth-order valence-corrected chi connectivity index (χ4v) is 3.32. The normalized spacial score (nSPS) is 11.3. The highest BCUT2D eigenvalue weighted by atomic mass is 16.1. The molecule has 1 aromatic heterocycles. The molecule has 0 spiro atoms. The predicted molar refractivity (Wildman–Crippen MR) is 100 cm³/mol. The van der Waals surface area contributed by atoms with Gasteiger partial charge in [0.05, 0.1) is 5.52 Å². The van der Waals surface area contributed by atoms with Crippen LogP contribution in [0.4, 0.5) is 0 Å². The molecule has 0 aliphatic carbocycles. The summed E-state index contributed by atoms with van der Waals surface area (Å²) in [6.07, 6.45) is 8.68. The Hall–Kier alpha value is -1.57. The largest absolute Gasteiger partial charge is 0.308 e. The molecule has 2 aromatic rings. The number of aromatic nitrogens is 1. The molecule has 0 saturated carbocycles. The van der Waals surface area contributed by atoms with Crippen molar-refractivity contribution in [1.82, 2.24) is 4.57 Å². The first-order chi connectivity index (χ1) is 11.2. The minimum atomic E-state index is 0.261. The molecule has 0 radical (unpaired) electrons. The van der Waals surface area contributed by atoms with Crippen LogP contribution in [-0.4, -0.2) is 4.57 Å². The highest BCUT2D eigenvalue weighted by Crippen LogP contribution is 2.23. The summed E-state index contributed by atoms with van der Waals surface area (Å²) < 4.78 is 2.03. The molecule has 0 fully saturated rings. The summed E-state index contributed by atoms with van der Waals surface area (Å²) >= 11 is 0. The number of pyridine rings is 1. The van der Waals surface area contributed by atoms with E-state index in [1.54, 1.807) is 0 Å². The lowest BCUT2D eigenvalue weighted by molar-refractivity contribution is 0.621. The fourth-order valence-electron chi connectivity index (χ4n) is 3.32. The number of para-hydroxylation sites is 1. The van der Waals surface area contributed by atoms with Crippen LogP contribution in [0.2, 0.25) is 0 Å². The van der Waals surface area contributed by atoms with Crippen molar-refractivity contribution in [3.8, 4) is 0 Å². The molecule has 0 aliphatic rings. The van der Waals surface area contributed by atoms with Crippen LogP contribution in [0, 0.1) is 0 Å². The van der Waals surface area contributed by atoms with Gasteiger partial charge in [-0.2, -0.15) is 0 Å². The van der Waals surface area contributed by atoms with Crippen molar-refractivity contribution in [2.24, 2.45) is 0 Å². The minimum absolute atomic E-state index is 0.261. The molecule has 0 N–H and O–H groups in total. The van der Waals surface area contributed by atoms with Crippen LogP contribution >= 0.6 is 0 Å². The van der Waals surface area contributed by atoms with E-state index < -0.39 is 0 Å². The van der Waals surface area contributed by atoms with Crippen molar-refractivity contribution in [3.63, 3.8) is 0 Å². The SMILES string of the molecule is CCCCc1c(CCCC)c2ccccc2n(CCCC)c1=O. The van der Waals surface area contributed by atoms with Gasteiger partial charge in [0.1, 0.15) is 0 Å². The molecule has 2 rings (SSSR count). The van der Waals surface area contributed by atoms with Gasteiger partial charge in [0.15, 0.2) is 0 Å². The van der Waals surface area contributed by atoms with Gasteiger partial charge in [-0.05, 0) is 43.7 Å². The van der Waals surface area contributed by atoms with E-state index in [0.29, 0.717) is 0 Å². The summed E-state index contributed by atoms with van der Waals surface area (Å²) in [5.74, 6) is 0. The molecule has 0 saturated heterocycles. The van der Waals surface area contributed by atoms with Crippen LogP contribution in [0.5, 0.6) is 0 Å². The summed E-state index contributed by atoms with van der Waals surface area (Å²) in [6, 6.07) is 8.48. The maximum atomic E-state index is 13.1. The molecule has 1 heterocycles. The first-order valence-corrected chi connectivity index (χ1v) is 9.37. The Morgan fingerprint density at radius 2 is 1.43 bits per heavy atom. The van der Waals surface area contributed by atoms with Crippen molar-refractivity contribution in [1.29, 1.82) is 0 Å². The Kier molecular flexibility index (Phi) is 6.88. The molecule has 0 atom stereocenters. The quantitative estimate of drug-likeness (QED) is 0.600. The maximum Gasteiger partial charge on any atom is 0.254 e. The van der Waals surface area contributed by atoms with Crippen molar-refractivity contribution < 1.29 is 0 Å². The lowest BCUT2D eigenvalue weighted by Gasteiger charge is -2.18. The number of hydrogen-bond acceptors (Lipinski definition) is 1. The van der Waals surface area contributed by atoms with E-state index in [2.05, 4.69) is 45.0 Å². The zero-order valence-electron chi connectivity index (χ0n) is 15.0.